The number of rotatable bonds is 4. The Morgan fingerprint density at radius 3 is 2.00 bits per heavy atom. The van der Waals surface area contributed by atoms with Gasteiger partial charge in [0.05, 0.1) is 0 Å². The Kier molecular flexibility index (Phi) is 4.38. The Morgan fingerprint density at radius 1 is 0.895 bits per heavy atom. The summed E-state index contributed by atoms with van der Waals surface area (Å²) in [6.45, 7) is -2.84. The average Bonchev–Trinajstić information content (AvgIpc) is 2.37. The van der Waals surface area contributed by atoms with Crippen LogP contribution in [-0.2, 0) is 5.32 Å². The summed E-state index contributed by atoms with van der Waals surface area (Å²) in [5.74, 6) is 0. The molecule has 0 saturated carbocycles. The van der Waals surface area contributed by atoms with Gasteiger partial charge in [-0.25, -0.2) is 0 Å². The number of aryl methyl sites for hydroxylation is 1. The van der Waals surface area contributed by atoms with Crippen LogP contribution in [0.1, 0.15) is 11.1 Å². The van der Waals surface area contributed by atoms with E-state index in [2.05, 4.69) is 24.3 Å². The molecule has 0 N–H and O–H groups in total. The Hall–Kier alpha value is -1.19. The van der Waals surface area contributed by atoms with E-state index in [1.807, 2.05) is 6.92 Å². The summed E-state index contributed by atoms with van der Waals surface area (Å²) in [5.41, 5.74) is 1.93. The average molecular weight is 328 g/mol. The molecule has 0 nitrogen and oxygen atoms in total. The third-order valence-electron chi connectivity index (χ3n) is 2.78. The number of benzene rings is 2. The first-order valence-corrected chi connectivity index (χ1v) is 8.00. The van der Waals surface area contributed by atoms with E-state index in [0.717, 1.165) is 9.78 Å². The third-order valence-corrected chi connectivity index (χ3v) is 5.06. The van der Waals surface area contributed by atoms with Gasteiger partial charge >= 0.3 is 117 Å². The van der Waals surface area contributed by atoms with Gasteiger partial charge in [0.1, 0.15) is 0 Å². The summed E-state index contributed by atoms with van der Waals surface area (Å²) in [4.78, 5) is 0. The molecule has 0 bridgehead atoms. The molecular weight excluding hydrogens is 315 g/mol. The second-order valence-corrected chi connectivity index (χ2v) is 6.62. The van der Waals surface area contributed by atoms with Crippen molar-refractivity contribution in [3.8, 4) is 0 Å². The molecule has 2 aromatic rings. The molecule has 0 saturated heterocycles. The van der Waals surface area contributed by atoms with E-state index in [4.69, 9.17) is 0 Å². The number of hydrogen-bond acceptors (Lipinski definition) is 0. The summed E-state index contributed by atoms with van der Waals surface area (Å²) in [6.07, 6.45) is 0. The van der Waals surface area contributed by atoms with Crippen molar-refractivity contribution < 1.29 is 12.9 Å². The minimum atomic E-state index is -4.88. The molecule has 0 heterocycles. The summed E-state index contributed by atoms with van der Waals surface area (Å²) in [5, 5.41) is 0.907. The fourth-order valence-electron chi connectivity index (χ4n) is 1.63. The molecule has 100 valence electrons. The Bertz CT molecular complexity index is 532. The van der Waals surface area contributed by atoms with Gasteiger partial charge in [0, 0.05) is 0 Å². The number of halogens is 3. The Morgan fingerprint density at radius 2 is 1.47 bits per heavy atom. The predicted molar refractivity (Wildman–Crippen MR) is 75.4 cm³/mol. The molecule has 5 heteroatoms. The van der Waals surface area contributed by atoms with Crippen LogP contribution in [0.5, 0.6) is 0 Å². The molecule has 0 aliphatic heterocycles. The van der Waals surface area contributed by atoms with Gasteiger partial charge in [-0.15, -0.1) is 0 Å². The van der Waals surface area contributed by atoms with Gasteiger partial charge in [0.25, 0.3) is 0 Å². The van der Waals surface area contributed by atoms with E-state index in [9.17, 15) is 12.9 Å². The fourth-order valence-corrected chi connectivity index (χ4v) is 3.43. The molecule has 0 amide bonds. The zero-order chi connectivity index (χ0) is 13.9. The Balaban J connectivity index is 1.98. The molecule has 0 aliphatic rings. The van der Waals surface area contributed by atoms with Crippen molar-refractivity contribution in [3.63, 3.8) is 0 Å². The van der Waals surface area contributed by atoms with Crippen LogP contribution in [0.3, 0.4) is 0 Å². The first-order chi connectivity index (χ1) is 8.95. The predicted octanol–water partition coefficient (Wildman–Crippen LogP) is 2.58. The van der Waals surface area contributed by atoms with Crippen LogP contribution in [0.4, 0.5) is 12.9 Å². The second-order valence-electron chi connectivity index (χ2n) is 4.42. The van der Waals surface area contributed by atoms with Crippen LogP contribution < -0.4 is 9.92 Å². The van der Waals surface area contributed by atoms with E-state index in [1.54, 1.807) is 12.1 Å². The van der Waals surface area contributed by atoms with Gasteiger partial charge in [-0.2, -0.15) is 0 Å². The first kappa shape index (κ1) is 14.2. The van der Waals surface area contributed by atoms with E-state index < -0.39 is 12.4 Å². The van der Waals surface area contributed by atoms with E-state index in [0.29, 0.717) is 0 Å². The standard InChI is InChI=1S/C14H13BF3Se/c1-11-2-4-12(5-3-11)10-19-14-8-6-13(7-9-14)15(16,17)18/h2-9H,10H2,1H3/q-1. The van der Waals surface area contributed by atoms with E-state index in [-0.39, 0.29) is 15.0 Å². The molecule has 0 spiro atoms. The summed E-state index contributed by atoms with van der Waals surface area (Å²) in [6, 6.07) is 13.8. The van der Waals surface area contributed by atoms with E-state index in [1.165, 1.54) is 23.3 Å². The van der Waals surface area contributed by atoms with Gasteiger partial charge in [-0.05, 0) is 0 Å². The van der Waals surface area contributed by atoms with Gasteiger partial charge in [0.2, 0.25) is 0 Å². The maximum atomic E-state index is 12.5. The van der Waals surface area contributed by atoms with Crippen molar-refractivity contribution >= 4 is 31.9 Å². The topological polar surface area (TPSA) is 0 Å². The first-order valence-electron chi connectivity index (χ1n) is 5.93. The monoisotopic (exact) mass is 329 g/mol. The van der Waals surface area contributed by atoms with Crippen molar-refractivity contribution in [3.05, 3.63) is 59.7 Å². The molecule has 0 aliphatic carbocycles. The van der Waals surface area contributed by atoms with Gasteiger partial charge in [-0.1, -0.05) is 0 Å². The molecule has 0 radical (unpaired) electrons. The summed E-state index contributed by atoms with van der Waals surface area (Å²) in [7, 11) is 0. The van der Waals surface area contributed by atoms with Crippen molar-refractivity contribution in [2.75, 3.05) is 0 Å². The van der Waals surface area contributed by atoms with Gasteiger partial charge in [0.15, 0.2) is 0 Å². The van der Waals surface area contributed by atoms with Crippen LogP contribution in [0.2, 0.25) is 0 Å². The zero-order valence-corrected chi connectivity index (χ0v) is 12.2. The SMILES string of the molecule is Cc1ccc(C[Se]c2ccc([B-](F)(F)F)cc2)cc1. The number of hydrogen-bond donors (Lipinski definition) is 0. The normalized spacial score (nSPS) is 11.6. The molecule has 0 fully saturated rings. The molecule has 0 atom stereocenters. The quantitative estimate of drug-likeness (QED) is 0.757. The van der Waals surface area contributed by atoms with Gasteiger partial charge < -0.3 is 0 Å². The molecule has 0 unspecified atom stereocenters. The summed E-state index contributed by atoms with van der Waals surface area (Å²) >= 11 is 0.173. The molecule has 2 rings (SSSR count). The molecule has 2 aromatic carbocycles. The second kappa shape index (κ2) is 5.85. The van der Waals surface area contributed by atoms with Crippen LogP contribution in [0.25, 0.3) is 0 Å². The van der Waals surface area contributed by atoms with Crippen molar-refractivity contribution in [2.45, 2.75) is 12.2 Å². The Labute approximate surface area is 117 Å². The van der Waals surface area contributed by atoms with Gasteiger partial charge in [-0.3, -0.25) is 0 Å². The third kappa shape index (κ3) is 4.15. The maximum absolute atomic E-state index is 12.5. The molecular formula is C14H13BF3Se-. The van der Waals surface area contributed by atoms with Crippen LogP contribution in [-0.4, -0.2) is 21.9 Å². The van der Waals surface area contributed by atoms with Crippen LogP contribution in [0, 0.1) is 6.92 Å². The molecule has 0 aromatic heterocycles. The fraction of sp³-hybridized carbons (Fsp3) is 0.143. The van der Waals surface area contributed by atoms with Crippen molar-refractivity contribution in [2.24, 2.45) is 0 Å². The molecule has 19 heavy (non-hydrogen) atoms. The van der Waals surface area contributed by atoms with Crippen LogP contribution in [0.15, 0.2) is 48.5 Å². The van der Waals surface area contributed by atoms with Crippen LogP contribution >= 0.6 is 0 Å². The summed E-state index contributed by atoms with van der Waals surface area (Å²) < 4.78 is 38.4. The van der Waals surface area contributed by atoms with Crippen molar-refractivity contribution in [1.82, 2.24) is 0 Å². The zero-order valence-electron chi connectivity index (χ0n) is 10.4. The van der Waals surface area contributed by atoms with Crippen molar-refractivity contribution in [1.29, 1.82) is 0 Å². The van der Waals surface area contributed by atoms with E-state index >= 15 is 0 Å². The minimum absolute atomic E-state index is 0.173.